The Morgan fingerprint density at radius 3 is 0.932 bits per heavy atom. The zero-order valence-electron chi connectivity index (χ0n) is 34.4. The van der Waals surface area contributed by atoms with Gasteiger partial charge in [-0.05, 0) is 100 Å². The average Bonchev–Trinajstić information content (AvgIpc) is 3.20. The highest BCUT2D eigenvalue weighted by molar-refractivity contribution is 5.90. The van der Waals surface area contributed by atoms with Gasteiger partial charge in [0.05, 0.1) is 29.9 Å². The predicted octanol–water partition coefficient (Wildman–Crippen LogP) is 4.73. The molecular formula is C43H53N3O13. The van der Waals surface area contributed by atoms with Gasteiger partial charge in [0.15, 0.2) is 19.8 Å². The Balaban J connectivity index is 2.06. The summed E-state index contributed by atoms with van der Waals surface area (Å²) in [6.45, 7) is 11.5. The zero-order valence-corrected chi connectivity index (χ0v) is 34.4. The Bertz CT molecular complexity index is 1930. The number of hydrogen-bond acceptors (Lipinski definition) is 10. The summed E-state index contributed by atoms with van der Waals surface area (Å²) < 4.78 is 24.9. The number of fused-ring (bicyclic) bond motifs is 6. The van der Waals surface area contributed by atoms with Crippen molar-refractivity contribution in [1.29, 1.82) is 0 Å². The van der Waals surface area contributed by atoms with Crippen molar-refractivity contribution in [3.05, 3.63) is 86.5 Å². The van der Waals surface area contributed by atoms with Crippen LogP contribution in [0, 0.1) is 0 Å². The number of hydrogen-bond donors (Lipinski definition) is 3. The molecule has 0 unspecified atom stereocenters. The molecule has 16 heteroatoms. The Hall–Kier alpha value is -6.16. The number of carbonyl (C=O) groups excluding carboxylic acids is 3. The first-order valence-electron chi connectivity index (χ1n) is 19.7. The molecule has 1 aliphatic rings. The second-order valence-electron chi connectivity index (χ2n) is 13.7. The van der Waals surface area contributed by atoms with Gasteiger partial charge < -0.3 is 49.0 Å². The fourth-order valence-electron chi connectivity index (χ4n) is 7.02. The van der Waals surface area contributed by atoms with Crippen molar-refractivity contribution in [2.75, 3.05) is 59.1 Å². The van der Waals surface area contributed by atoms with E-state index in [1.165, 1.54) is 36.4 Å². The lowest BCUT2D eigenvalue weighted by atomic mass is 9.91. The van der Waals surface area contributed by atoms with E-state index in [9.17, 15) is 44.1 Å². The monoisotopic (exact) mass is 819 g/mol. The second-order valence-corrected chi connectivity index (χ2v) is 13.7. The maximum absolute atomic E-state index is 13.3. The molecule has 0 spiro atoms. The van der Waals surface area contributed by atoms with Crippen molar-refractivity contribution in [2.24, 2.45) is 0 Å². The van der Waals surface area contributed by atoms with Crippen LogP contribution in [0.1, 0.15) is 106 Å². The third kappa shape index (κ3) is 11.3. The molecule has 3 aromatic rings. The molecule has 1 aliphatic heterocycles. The molecule has 0 saturated carbocycles. The van der Waals surface area contributed by atoms with E-state index in [0.29, 0.717) is 39.3 Å². The highest BCUT2D eigenvalue weighted by Crippen LogP contribution is 2.38. The van der Waals surface area contributed by atoms with Gasteiger partial charge in [0.1, 0.15) is 17.2 Å². The quantitative estimate of drug-likeness (QED) is 0.159. The third-order valence-corrected chi connectivity index (χ3v) is 10.1. The number of ether oxygens (including phenoxy) is 4. The van der Waals surface area contributed by atoms with E-state index in [0.717, 1.165) is 0 Å². The topological polar surface area (TPSA) is 210 Å². The van der Waals surface area contributed by atoms with Crippen molar-refractivity contribution in [1.82, 2.24) is 14.7 Å². The molecule has 16 nitrogen and oxygen atoms in total. The molecule has 0 radical (unpaired) electrons. The van der Waals surface area contributed by atoms with Crippen LogP contribution in [0.15, 0.2) is 36.4 Å². The first kappa shape index (κ1) is 45.5. The number of benzene rings is 3. The maximum atomic E-state index is 13.3. The van der Waals surface area contributed by atoms with Crippen LogP contribution in [0.4, 0.5) is 0 Å². The van der Waals surface area contributed by atoms with Gasteiger partial charge in [-0.1, -0.05) is 0 Å². The number of carboxylic acid groups (broad SMARTS) is 3. The van der Waals surface area contributed by atoms with Gasteiger partial charge in [0, 0.05) is 63.2 Å². The zero-order chi connectivity index (χ0) is 43.4. The van der Waals surface area contributed by atoms with E-state index < -0.39 is 37.7 Å². The lowest BCUT2D eigenvalue weighted by molar-refractivity contribution is -0.133. The van der Waals surface area contributed by atoms with Gasteiger partial charge in [0.25, 0.3) is 17.7 Å². The minimum Gasteiger partial charge on any atom is -0.483 e. The van der Waals surface area contributed by atoms with Crippen LogP contribution in [0.3, 0.4) is 0 Å². The Morgan fingerprint density at radius 2 is 0.695 bits per heavy atom. The van der Waals surface area contributed by atoms with Crippen LogP contribution < -0.4 is 14.2 Å². The molecule has 3 aromatic carbocycles. The van der Waals surface area contributed by atoms with Crippen molar-refractivity contribution in [3.63, 3.8) is 0 Å². The summed E-state index contributed by atoms with van der Waals surface area (Å²) >= 11 is 0. The summed E-state index contributed by atoms with van der Waals surface area (Å²) in [5.41, 5.74) is 0.958. The van der Waals surface area contributed by atoms with Crippen molar-refractivity contribution >= 4 is 35.6 Å². The molecule has 4 rings (SSSR count). The second kappa shape index (κ2) is 21.0. The molecule has 318 valence electrons. The summed E-state index contributed by atoms with van der Waals surface area (Å²) in [4.78, 5) is 82.2. The third-order valence-electron chi connectivity index (χ3n) is 10.1. The van der Waals surface area contributed by atoms with E-state index in [-0.39, 0.29) is 111 Å². The number of carbonyl (C=O) groups is 6. The number of rotatable bonds is 18. The fraction of sp³-hybridized carbons (Fsp3) is 0.442. The van der Waals surface area contributed by atoms with Gasteiger partial charge in [0.2, 0.25) is 0 Å². The van der Waals surface area contributed by atoms with E-state index in [2.05, 4.69) is 0 Å². The molecule has 0 fully saturated rings. The average molecular weight is 820 g/mol. The summed E-state index contributed by atoms with van der Waals surface area (Å²) in [6.07, 6.45) is -0.373. The summed E-state index contributed by atoms with van der Waals surface area (Å²) in [5, 5.41) is 30.8. The molecule has 0 aromatic heterocycles. The lowest BCUT2D eigenvalue weighted by Gasteiger charge is -2.25. The van der Waals surface area contributed by atoms with Crippen LogP contribution in [-0.2, 0) is 45.2 Å². The normalized spacial score (nSPS) is 12.1. The first-order valence-corrected chi connectivity index (χ1v) is 19.7. The summed E-state index contributed by atoms with van der Waals surface area (Å²) in [5.74, 6) is -4.60. The predicted molar refractivity (Wildman–Crippen MR) is 215 cm³/mol. The Labute approximate surface area is 343 Å². The standard InChI is InChI=1S/C43H53N3O13/c1-7-44(8-2)35(47)23-57-38-26-13-28-17-31(42(52)53)19-33(39(28)58-24-36(48)45(9-3)10-4)21-56-22-34-20-32(43(54)55)18-29(14-27(38)16-30(15-26)41(50)51)40(34)59-25-37(49)46(11-5)12-6/h15-20H,7-14,21-25H2,1-6H3,(H,50,51)(H,52,53)(H,54,55). The van der Waals surface area contributed by atoms with Gasteiger partial charge >= 0.3 is 17.9 Å². The van der Waals surface area contributed by atoms with Gasteiger partial charge in [-0.3, -0.25) is 14.4 Å². The summed E-state index contributed by atoms with van der Waals surface area (Å²) in [7, 11) is 0. The van der Waals surface area contributed by atoms with Crippen LogP contribution in [0.25, 0.3) is 0 Å². The van der Waals surface area contributed by atoms with Crippen LogP contribution >= 0.6 is 0 Å². The number of aromatic carboxylic acids is 3. The molecule has 3 amide bonds. The van der Waals surface area contributed by atoms with Crippen LogP contribution in [0.2, 0.25) is 0 Å². The number of nitrogens with zero attached hydrogens (tertiary/aromatic N) is 3. The van der Waals surface area contributed by atoms with Gasteiger partial charge in [-0.25, -0.2) is 14.4 Å². The molecule has 59 heavy (non-hydrogen) atoms. The van der Waals surface area contributed by atoms with E-state index in [1.807, 2.05) is 41.5 Å². The SMILES string of the molecule is CCN(CC)C(=O)COc1c2cc(C(=O)O)cc1Cc1cc(C(=O)O)cc(c1OCC(=O)N(CC)CC)Cc1cc(C(=O)O)cc(c1OCC(=O)N(CC)CC)COC2. The molecule has 0 atom stereocenters. The van der Waals surface area contributed by atoms with E-state index in [1.54, 1.807) is 14.7 Å². The maximum Gasteiger partial charge on any atom is 0.335 e. The molecule has 1 heterocycles. The van der Waals surface area contributed by atoms with Crippen LogP contribution in [0.5, 0.6) is 17.2 Å². The summed E-state index contributed by atoms with van der Waals surface area (Å²) in [6, 6.07) is 8.12. The smallest absolute Gasteiger partial charge is 0.335 e. The number of likely N-dealkylation sites (N-methyl/N-ethyl adjacent to an activating group) is 3. The molecular weight excluding hydrogens is 766 g/mol. The first-order chi connectivity index (χ1) is 28.2. The molecule has 3 N–H and O–H groups in total. The van der Waals surface area contributed by atoms with Gasteiger partial charge in [-0.2, -0.15) is 0 Å². The van der Waals surface area contributed by atoms with E-state index >= 15 is 0 Å². The van der Waals surface area contributed by atoms with Crippen LogP contribution in [-0.4, -0.2) is 125 Å². The minimum atomic E-state index is -1.31. The Morgan fingerprint density at radius 1 is 0.458 bits per heavy atom. The molecule has 6 bridgehead atoms. The molecule has 0 saturated heterocycles. The number of carboxylic acids is 3. The lowest BCUT2D eigenvalue weighted by Crippen LogP contribution is -2.35. The van der Waals surface area contributed by atoms with Crippen molar-refractivity contribution in [3.8, 4) is 17.2 Å². The highest BCUT2D eigenvalue weighted by atomic mass is 16.5. The van der Waals surface area contributed by atoms with Crippen molar-refractivity contribution in [2.45, 2.75) is 67.6 Å². The van der Waals surface area contributed by atoms with E-state index in [4.69, 9.17) is 18.9 Å². The largest absolute Gasteiger partial charge is 0.483 e. The Kier molecular flexibility index (Phi) is 16.2. The van der Waals surface area contributed by atoms with Crippen molar-refractivity contribution < 1.29 is 63.0 Å². The minimum absolute atomic E-state index is 0.0868. The number of amides is 3. The molecule has 0 aliphatic carbocycles. The highest BCUT2D eigenvalue weighted by Gasteiger charge is 2.27. The fourth-order valence-corrected chi connectivity index (χ4v) is 7.02. The van der Waals surface area contributed by atoms with Gasteiger partial charge in [-0.15, -0.1) is 0 Å².